The van der Waals surface area contributed by atoms with Crippen molar-refractivity contribution in [3.05, 3.63) is 16.3 Å². The van der Waals surface area contributed by atoms with Crippen LogP contribution in [0.15, 0.2) is 6.20 Å². The molecule has 1 heterocycles. The molecule has 2 rings (SSSR count). The summed E-state index contributed by atoms with van der Waals surface area (Å²) in [6.07, 6.45) is 2.70. The Kier molecular flexibility index (Phi) is 2.83. The third-order valence-electron chi connectivity index (χ3n) is 2.43. The number of hydrogen-bond acceptors (Lipinski definition) is 6. The zero-order chi connectivity index (χ0) is 10.8. The third kappa shape index (κ3) is 2.42. The molecule has 0 saturated heterocycles. The maximum absolute atomic E-state index is 10.4. The van der Waals surface area contributed by atoms with Crippen molar-refractivity contribution in [3.8, 4) is 0 Å². The first-order valence-corrected chi connectivity index (χ1v) is 5.49. The Morgan fingerprint density at radius 1 is 1.73 bits per heavy atom. The minimum absolute atomic E-state index is 0.0474. The van der Waals surface area contributed by atoms with Gasteiger partial charge in [-0.2, -0.15) is 0 Å². The summed E-state index contributed by atoms with van der Waals surface area (Å²) in [5, 5.41) is 23.1. The summed E-state index contributed by atoms with van der Waals surface area (Å²) in [7, 11) is 0. The predicted molar refractivity (Wildman–Crippen MR) is 56.0 cm³/mol. The van der Waals surface area contributed by atoms with Crippen LogP contribution >= 0.6 is 11.3 Å². The largest absolute Gasteiger partial charge is 0.393 e. The normalized spacial score (nSPS) is 24.6. The van der Waals surface area contributed by atoms with Crippen LogP contribution in [0.1, 0.15) is 12.8 Å². The topological polar surface area (TPSA) is 88.3 Å². The molecule has 0 aliphatic heterocycles. The quantitative estimate of drug-likeness (QED) is 0.599. The minimum atomic E-state index is -0.448. The fourth-order valence-electron chi connectivity index (χ4n) is 1.53. The van der Waals surface area contributed by atoms with Crippen molar-refractivity contribution in [2.24, 2.45) is 5.92 Å². The summed E-state index contributed by atoms with van der Waals surface area (Å²) in [6.45, 7) is 0.724. The molecule has 0 bridgehead atoms. The van der Waals surface area contributed by atoms with E-state index < -0.39 is 4.92 Å². The van der Waals surface area contributed by atoms with Gasteiger partial charge in [0.1, 0.15) is 6.20 Å². The molecule has 1 aliphatic carbocycles. The van der Waals surface area contributed by atoms with E-state index in [-0.39, 0.29) is 11.1 Å². The first-order valence-electron chi connectivity index (χ1n) is 4.67. The van der Waals surface area contributed by atoms with Crippen LogP contribution < -0.4 is 5.32 Å². The summed E-state index contributed by atoms with van der Waals surface area (Å²) < 4.78 is 0. The van der Waals surface area contributed by atoms with Gasteiger partial charge < -0.3 is 10.4 Å². The molecule has 82 valence electrons. The number of aliphatic hydroxyl groups is 1. The molecular weight excluding hydrogens is 218 g/mol. The van der Waals surface area contributed by atoms with Gasteiger partial charge in [0, 0.05) is 6.54 Å². The Morgan fingerprint density at radius 2 is 2.47 bits per heavy atom. The van der Waals surface area contributed by atoms with Gasteiger partial charge in [-0.15, -0.1) is 0 Å². The van der Waals surface area contributed by atoms with Crippen molar-refractivity contribution in [1.29, 1.82) is 0 Å². The van der Waals surface area contributed by atoms with Crippen LogP contribution in [0.2, 0.25) is 0 Å². The van der Waals surface area contributed by atoms with Crippen molar-refractivity contribution in [1.82, 2.24) is 4.98 Å². The standard InChI is InChI=1S/C8H11N3O3S/c12-6-1-5(2-6)3-9-8-10-4-7(15-8)11(13)14/h4-6,12H,1-3H2,(H,9,10). The number of aromatic nitrogens is 1. The molecule has 15 heavy (non-hydrogen) atoms. The van der Waals surface area contributed by atoms with Gasteiger partial charge >= 0.3 is 5.00 Å². The lowest BCUT2D eigenvalue weighted by Gasteiger charge is -2.31. The van der Waals surface area contributed by atoms with Crippen LogP contribution in [0.5, 0.6) is 0 Å². The summed E-state index contributed by atoms with van der Waals surface area (Å²) in [5.74, 6) is 0.461. The van der Waals surface area contributed by atoms with Crippen molar-refractivity contribution >= 4 is 21.5 Å². The van der Waals surface area contributed by atoms with E-state index in [1.807, 2.05) is 0 Å². The van der Waals surface area contributed by atoms with Gasteiger partial charge in [0.05, 0.1) is 11.0 Å². The van der Waals surface area contributed by atoms with Crippen molar-refractivity contribution < 1.29 is 10.0 Å². The monoisotopic (exact) mass is 229 g/mol. The SMILES string of the molecule is O=[N+]([O-])c1cnc(NCC2CC(O)C2)s1. The molecule has 6 nitrogen and oxygen atoms in total. The third-order valence-corrected chi connectivity index (χ3v) is 3.33. The summed E-state index contributed by atoms with van der Waals surface area (Å²) >= 11 is 1.03. The number of hydrogen-bond donors (Lipinski definition) is 2. The Labute approximate surface area is 90.1 Å². The van der Waals surface area contributed by atoms with Crippen molar-refractivity contribution in [3.63, 3.8) is 0 Å². The van der Waals surface area contributed by atoms with E-state index in [9.17, 15) is 10.1 Å². The molecule has 1 aliphatic rings. The molecule has 0 atom stereocenters. The zero-order valence-electron chi connectivity index (χ0n) is 7.92. The van der Waals surface area contributed by atoms with E-state index in [4.69, 9.17) is 5.11 Å². The Hall–Kier alpha value is -1.21. The number of nitro groups is 1. The first-order chi connectivity index (χ1) is 7.15. The summed E-state index contributed by atoms with van der Waals surface area (Å²) in [6, 6.07) is 0. The fourth-order valence-corrected chi connectivity index (χ4v) is 2.17. The highest BCUT2D eigenvalue weighted by molar-refractivity contribution is 7.18. The number of aliphatic hydroxyl groups excluding tert-OH is 1. The van der Waals surface area contributed by atoms with Gasteiger partial charge in [-0.1, -0.05) is 0 Å². The highest BCUT2D eigenvalue weighted by atomic mass is 32.1. The van der Waals surface area contributed by atoms with Crippen LogP contribution in [0, 0.1) is 16.0 Å². The lowest BCUT2D eigenvalue weighted by atomic mass is 9.82. The van der Waals surface area contributed by atoms with E-state index in [0.29, 0.717) is 11.0 Å². The number of nitrogens with zero attached hydrogens (tertiary/aromatic N) is 2. The Bertz CT molecular complexity index is 362. The average Bonchev–Trinajstić information content (AvgIpc) is 2.59. The van der Waals surface area contributed by atoms with Gasteiger partial charge in [0.2, 0.25) is 0 Å². The summed E-state index contributed by atoms with van der Waals surface area (Å²) in [5.41, 5.74) is 0. The highest BCUT2D eigenvalue weighted by Gasteiger charge is 2.27. The lowest BCUT2D eigenvalue weighted by Crippen LogP contribution is -2.33. The molecule has 0 radical (unpaired) electrons. The van der Waals surface area contributed by atoms with E-state index >= 15 is 0 Å². The van der Waals surface area contributed by atoms with E-state index in [2.05, 4.69) is 10.3 Å². The van der Waals surface area contributed by atoms with Crippen LogP contribution in [-0.4, -0.2) is 27.7 Å². The lowest BCUT2D eigenvalue weighted by molar-refractivity contribution is -0.380. The van der Waals surface area contributed by atoms with Crippen LogP contribution in [0.4, 0.5) is 10.1 Å². The molecule has 1 aromatic heterocycles. The van der Waals surface area contributed by atoms with Gasteiger partial charge in [-0.05, 0) is 30.1 Å². The van der Waals surface area contributed by atoms with Gasteiger partial charge in [0.15, 0.2) is 5.13 Å². The molecule has 7 heteroatoms. The molecule has 0 aromatic carbocycles. The van der Waals surface area contributed by atoms with Crippen molar-refractivity contribution in [2.45, 2.75) is 18.9 Å². The molecule has 1 aromatic rings. The molecule has 0 unspecified atom stereocenters. The van der Waals surface area contributed by atoms with Gasteiger partial charge in [-0.3, -0.25) is 10.1 Å². The molecule has 1 saturated carbocycles. The number of rotatable bonds is 4. The predicted octanol–water partition coefficient (Wildman–Crippen LogP) is 1.23. The second kappa shape index (κ2) is 4.11. The first kappa shape index (κ1) is 10.3. The molecule has 0 amide bonds. The smallest absolute Gasteiger partial charge is 0.345 e. The van der Waals surface area contributed by atoms with Gasteiger partial charge in [-0.25, -0.2) is 4.98 Å². The molecular formula is C8H11N3O3S. The maximum atomic E-state index is 10.4. The number of anilines is 1. The molecule has 1 fully saturated rings. The maximum Gasteiger partial charge on any atom is 0.345 e. The second-order valence-corrected chi connectivity index (χ2v) is 4.64. The van der Waals surface area contributed by atoms with E-state index in [0.717, 1.165) is 30.7 Å². The highest BCUT2D eigenvalue weighted by Crippen LogP contribution is 2.29. The average molecular weight is 229 g/mol. The Balaban J connectivity index is 1.81. The number of nitrogens with one attached hydrogen (secondary N) is 1. The number of thiazole rings is 1. The van der Waals surface area contributed by atoms with E-state index in [1.54, 1.807) is 0 Å². The Morgan fingerprint density at radius 3 is 3.00 bits per heavy atom. The zero-order valence-corrected chi connectivity index (χ0v) is 8.74. The molecule has 0 spiro atoms. The van der Waals surface area contributed by atoms with E-state index in [1.165, 1.54) is 6.20 Å². The second-order valence-electron chi connectivity index (χ2n) is 3.63. The summed E-state index contributed by atoms with van der Waals surface area (Å²) in [4.78, 5) is 13.8. The van der Waals surface area contributed by atoms with Crippen molar-refractivity contribution in [2.75, 3.05) is 11.9 Å². The van der Waals surface area contributed by atoms with Crippen LogP contribution in [0.3, 0.4) is 0 Å². The minimum Gasteiger partial charge on any atom is -0.393 e. The van der Waals surface area contributed by atoms with Crippen LogP contribution in [-0.2, 0) is 0 Å². The fraction of sp³-hybridized carbons (Fsp3) is 0.625. The van der Waals surface area contributed by atoms with Gasteiger partial charge in [0.25, 0.3) is 0 Å². The van der Waals surface area contributed by atoms with Crippen LogP contribution in [0.25, 0.3) is 0 Å². The molecule has 2 N–H and O–H groups in total.